The summed E-state index contributed by atoms with van der Waals surface area (Å²) in [7, 11) is 0.516. The number of carboxylic acids is 1. The lowest BCUT2D eigenvalue weighted by Gasteiger charge is -2.51. The monoisotopic (exact) mass is 473 g/mol. The second-order valence-corrected chi connectivity index (χ2v) is 13.1. The maximum Gasteiger partial charge on any atom is 0.309 e. The second kappa shape index (κ2) is 8.01. The highest BCUT2D eigenvalue weighted by Crippen LogP contribution is 2.57. The van der Waals surface area contributed by atoms with Crippen LogP contribution in [-0.2, 0) is 28.2 Å². The molecule has 1 aromatic carbocycles. The molecule has 33 heavy (non-hydrogen) atoms. The van der Waals surface area contributed by atoms with Crippen LogP contribution in [0.2, 0.25) is 0 Å². The Balaban J connectivity index is 1.83. The van der Waals surface area contributed by atoms with Crippen LogP contribution in [0.5, 0.6) is 0 Å². The number of rotatable bonds is 5. The van der Waals surface area contributed by atoms with E-state index in [4.69, 9.17) is 4.98 Å². The maximum atomic E-state index is 13.5. The molecular weight excluding hydrogens is 438 g/mol. The van der Waals surface area contributed by atoms with Crippen LogP contribution in [0.15, 0.2) is 16.9 Å². The Bertz CT molecular complexity index is 1190. The van der Waals surface area contributed by atoms with Crippen molar-refractivity contribution >= 4 is 27.9 Å². The summed E-state index contributed by atoms with van der Waals surface area (Å²) in [6.45, 7) is 9.68. The van der Waals surface area contributed by atoms with Crippen LogP contribution in [-0.4, -0.2) is 29.6 Å². The lowest BCUT2D eigenvalue weighted by atomic mass is 9.53. The maximum absolute atomic E-state index is 13.5. The molecule has 0 radical (unpaired) electrons. The van der Waals surface area contributed by atoms with Gasteiger partial charge in [0.15, 0.2) is 0 Å². The van der Waals surface area contributed by atoms with Gasteiger partial charge in [-0.15, -0.1) is 0 Å². The summed E-state index contributed by atoms with van der Waals surface area (Å²) in [5.74, 6) is 0.0635. The fraction of sp³-hybridized carbons (Fsp3) is 0.640. The number of aryl methyl sites for hydroxylation is 1. The van der Waals surface area contributed by atoms with E-state index in [0.717, 1.165) is 36.2 Å². The Kier molecular flexibility index (Phi) is 5.85. The molecule has 5 rings (SSSR count). The third-order valence-corrected chi connectivity index (χ3v) is 9.52. The highest BCUT2D eigenvalue weighted by Gasteiger charge is 2.54. The van der Waals surface area contributed by atoms with Crippen molar-refractivity contribution in [2.24, 2.45) is 12.5 Å². The van der Waals surface area contributed by atoms with E-state index in [9.17, 15) is 18.9 Å². The van der Waals surface area contributed by atoms with Crippen molar-refractivity contribution in [3.05, 3.63) is 39.4 Å². The average molecular weight is 474 g/mol. The van der Waals surface area contributed by atoms with E-state index in [1.807, 2.05) is 46.8 Å². The molecule has 1 aromatic heterocycles. The molecular formula is C25H35N3O4S. The van der Waals surface area contributed by atoms with Crippen LogP contribution < -0.4 is 10.3 Å². The molecule has 7 nitrogen and oxygen atoms in total. The van der Waals surface area contributed by atoms with Crippen molar-refractivity contribution in [1.29, 1.82) is 0 Å². The van der Waals surface area contributed by atoms with Crippen molar-refractivity contribution in [2.45, 2.75) is 89.3 Å². The summed E-state index contributed by atoms with van der Waals surface area (Å²) < 4.78 is 17.2. The summed E-state index contributed by atoms with van der Waals surface area (Å²) in [4.78, 5) is 30.5. The smallest absolute Gasteiger partial charge is 0.309 e. The van der Waals surface area contributed by atoms with Crippen LogP contribution in [0.4, 0.5) is 0 Å². The third-order valence-electron chi connectivity index (χ3n) is 7.84. The minimum atomic E-state index is -1.27. The number of nitrogens with zero attached hydrogens (tertiary/aromatic N) is 2. The number of aliphatic carboxylic acids is 1. The van der Waals surface area contributed by atoms with Gasteiger partial charge in [-0.3, -0.25) is 14.2 Å². The van der Waals surface area contributed by atoms with Crippen molar-refractivity contribution in [3.63, 3.8) is 0 Å². The van der Waals surface area contributed by atoms with E-state index in [2.05, 4.69) is 4.72 Å². The first-order chi connectivity index (χ1) is 15.3. The van der Waals surface area contributed by atoms with Gasteiger partial charge < -0.3 is 5.11 Å². The van der Waals surface area contributed by atoms with Gasteiger partial charge in [-0.1, -0.05) is 6.07 Å². The fourth-order valence-electron chi connectivity index (χ4n) is 5.60. The van der Waals surface area contributed by atoms with Crippen LogP contribution in [0.3, 0.4) is 0 Å². The Morgan fingerprint density at radius 2 is 1.76 bits per heavy atom. The molecule has 1 heterocycles. The second-order valence-electron chi connectivity index (χ2n) is 11.1. The molecule has 0 saturated heterocycles. The van der Waals surface area contributed by atoms with E-state index >= 15 is 0 Å². The van der Waals surface area contributed by atoms with E-state index in [1.165, 1.54) is 0 Å². The summed E-state index contributed by atoms with van der Waals surface area (Å²) in [6.07, 6.45) is 4.06. The highest BCUT2D eigenvalue weighted by atomic mass is 32.2. The Hall–Kier alpha value is -2.06. The normalized spacial score (nSPS) is 27.0. The Labute approximate surface area is 197 Å². The van der Waals surface area contributed by atoms with Gasteiger partial charge in [-0.25, -0.2) is 13.9 Å². The number of aromatic nitrogens is 2. The number of carboxylic acid groups (broad SMARTS) is 1. The summed E-state index contributed by atoms with van der Waals surface area (Å²) >= 11 is 0. The molecule has 2 atom stereocenters. The Morgan fingerprint density at radius 3 is 2.27 bits per heavy atom. The molecule has 0 unspecified atom stereocenters. The SMILES string of the molecule is Cc1cc([C@@H](C)N[S@](=O)C(C)(C)C)c2nc(C34CCC(C(=O)O)(CC3)CC4)n(C)c(=O)c2c1. The predicted molar refractivity (Wildman–Crippen MR) is 131 cm³/mol. The van der Waals surface area contributed by atoms with Gasteiger partial charge in [0.05, 0.1) is 32.1 Å². The Morgan fingerprint density at radius 1 is 1.18 bits per heavy atom. The van der Waals surface area contributed by atoms with E-state index in [-0.39, 0.29) is 17.0 Å². The minimum Gasteiger partial charge on any atom is -0.481 e. The van der Waals surface area contributed by atoms with Crippen molar-refractivity contribution in [1.82, 2.24) is 14.3 Å². The standard InChI is InChI=1S/C25H35N3O4S/c1-15-13-17(16(2)27-33(32)23(3,4)5)19-18(14-15)20(29)28(6)21(26-19)24-7-10-25(11-8-24,12-9-24)22(30)31/h13-14,16,27H,7-12H2,1-6H3,(H,30,31)/t16-,24?,25?,33-/m1/s1. The summed E-state index contributed by atoms with van der Waals surface area (Å²) in [6, 6.07) is 3.64. The molecule has 2 aromatic rings. The predicted octanol–water partition coefficient (Wildman–Crippen LogP) is 4.03. The zero-order valence-electron chi connectivity index (χ0n) is 20.4. The number of nitrogens with one attached hydrogen (secondary N) is 1. The number of fused-ring (bicyclic) bond motifs is 4. The van der Waals surface area contributed by atoms with Gasteiger partial charge in [0.1, 0.15) is 5.82 Å². The average Bonchev–Trinajstić information content (AvgIpc) is 2.76. The number of benzene rings is 1. The molecule has 3 saturated carbocycles. The quantitative estimate of drug-likeness (QED) is 0.683. The topological polar surface area (TPSA) is 101 Å². The zero-order chi connectivity index (χ0) is 24.3. The molecule has 180 valence electrons. The van der Waals surface area contributed by atoms with E-state index < -0.39 is 27.1 Å². The largest absolute Gasteiger partial charge is 0.481 e. The fourth-order valence-corrected chi connectivity index (χ4v) is 6.40. The molecule has 0 spiro atoms. The van der Waals surface area contributed by atoms with Gasteiger partial charge >= 0.3 is 5.97 Å². The van der Waals surface area contributed by atoms with Crippen molar-refractivity contribution in [3.8, 4) is 0 Å². The number of hydrogen-bond acceptors (Lipinski definition) is 4. The lowest BCUT2D eigenvalue weighted by Crippen LogP contribution is -2.50. The van der Waals surface area contributed by atoms with Crippen LogP contribution in [0.25, 0.3) is 10.9 Å². The van der Waals surface area contributed by atoms with Crippen LogP contribution >= 0.6 is 0 Å². The molecule has 0 aliphatic heterocycles. The first-order valence-corrected chi connectivity index (χ1v) is 12.9. The molecule has 2 N–H and O–H groups in total. The van der Waals surface area contributed by atoms with Gasteiger partial charge in [-0.2, -0.15) is 0 Å². The van der Waals surface area contributed by atoms with Gasteiger partial charge in [-0.05, 0) is 90.3 Å². The molecule has 8 heteroatoms. The first-order valence-electron chi connectivity index (χ1n) is 11.7. The number of hydrogen-bond donors (Lipinski definition) is 2. The van der Waals surface area contributed by atoms with Crippen LogP contribution in [0.1, 0.15) is 89.2 Å². The highest BCUT2D eigenvalue weighted by molar-refractivity contribution is 7.84. The van der Waals surface area contributed by atoms with E-state index in [0.29, 0.717) is 30.2 Å². The number of carbonyl (C=O) groups is 1. The summed E-state index contributed by atoms with van der Waals surface area (Å²) in [5, 5.41) is 10.3. The van der Waals surface area contributed by atoms with Gasteiger partial charge in [0, 0.05) is 18.5 Å². The van der Waals surface area contributed by atoms with E-state index in [1.54, 1.807) is 11.6 Å². The third kappa shape index (κ3) is 3.95. The first kappa shape index (κ1) is 24.1. The lowest BCUT2D eigenvalue weighted by molar-refractivity contribution is -0.156. The summed E-state index contributed by atoms with van der Waals surface area (Å²) in [5.41, 5.74) is 1.50. The molecule has 3 aliphatic carbocycles. The minimum absolute atomic E-state index is 0.0842. The van der Waals surface area contributed by atoms with Gasteiger partial charge in [0.2, 0.25) is 0 Å². The molecule has 3 aliphatic rings. The van der Waals surface area contributed by atoms with Gasteiger partial charge in [0.25, 0.3) is 5.56 Å². The molecule has 3 fully saturated rings. The van der Waals surface area contributed by atoms with Crippen molar-refractivity contribution in [2.75, 3.05) is 0 Å². The molecule has 0 amide bonds. The zero-order valence-corrected chi connectivity index (χ0v) is 21.3. The molecule has 2 bridgehead atoms. The van der Waals surface area contributed by atoms with Crippen molar-refractivity contribution < 1.29 is 14.1 Å². The van der Waals surface area contributed by atoms with Crippen LogP contribution in [0, 0.1) is 12.3 Å².